The molecule has 28 heavy (non-hydrogen) atoms. The van der Waals surface area contributed by atoms with Gasteiger partial charge in [-0.1, -0.05) is 19.9 Å². The Morgan fingerprint density at radius 1 is 1.14 bits per heavy atom. The van der Waals surface area contributed by atoms with Crippen molar-refractivity contribution in [1.82, 2.24) is 5.32 Å². The van der Waals surface area contributed by atoms with Gasteiger partial charge in [0.25, 0.3) is 11.8 Å². The Hall–Kier alpha value is -3.48. The van der Waals surface area contributed by atoms with Crippen molar-refractivity contribution in [2.75, 3.05) is 13.4 Å². The summed E-state index contributed by atoms with van der Waals surface area (Å²) >= 11 is 0. The lowest BCUT2D eigenvalue weighted by molar-refractivity contribution is -0.114. The molecule has 0 saturated carbocycles. The Kier molecular flexibility index (Phi) is 5.84. The third kappa shape index (κ3) is 4.82. The Morgan fingerprint density at radius 3 is 2.54 bits per heavy atom. The van der Waals surface area contributed by atoms with E-state index in [2.05, 4.69) is 19.2 Å². The number of primary amides is 1. The molecule has 1 aliphatic heterocycles. The van der Waals surface area contributed by atoms with E-state index >= 15 is 0 Å². The van der Waals surface area contributed by atoms with Crippen molar-refractivity contribution >= 4 is 17.9 Å². The zero-order valence-corrected chi connectivity index (χ0v) is 15.7. The maximum Gasteiger partial charge on any atom is 0.265 e. The topological polar surface area (TPSA) is 99.9 Å². The van der Waals surface area contributed by atoms with Crippen LogP contribution >= 0.6 is 0 Å². The first-order valence-electron chi connectivity index (χ1n) is 8.88. The quantitative estimate of drug-likeness (QED) is 0.717. The number of ether oxygens (including phenoxy) is 3. The molecular formula is C21H22N2O5. The second-order valence-corrected chi connectivity index (χ2v) is 6.72. The van der Waals surface area contributed by atoms with Gasteiger partial charge in [-0.2, -0.15) is 0 Å². The molecule has 2 amide bonds. The van der Waals surface area contributed by atoms with Gasteiger partial charge < -0.3 is 25.3 Å². The van der Waals surface area contributed by atoms with Crippen LogP contribution in [-0.2, 0) is 4.79 Å². The van der Waals surface area contributed by atoms with Crippen LogP contribution in [0.25, 0.3) is 6.08 Å². The molecule has 7 heteroatoms. The van der Waals surface area contributed by atoms with Crippen LogP contribution in [0.15, 0.2) is 48.2 Å². The molecule has 2 aromatic rings. The van der Waals surface area contributed by atoms with Gasteiger partial charge in [0.05, 0.1) is 6.61 Å². The summed E-state index contributed by atoms with van der Waals surface area (Å²) in [5, 5.41) is 2.55. The average Bonchev–Trinajstić information content (AvgIpc) is 3.14. The van der Waals surface area contributed by atoms with Crippen molar-refractivity contribution in [2.45, 2.75) is 13.8 Å². The summed E-state index contributed by atoms with van der Waals surface area (Å²) in [4.78, 5) is 24.2. The Morgan fingerprint density at radius 2 is 1.86 bits per heavy atom. The van der Waals surface area contributed by atoms with Gasteiger partial charge in [0.15, 0.2) is 11.5 Å². The summed E-state index contributed by atoms with van der Waals surface area (Å²) in [7, 11) is 0. The second kappa shape index (κ2) is 8.47. The molecular weight excluding hydrogens is 360 g/mol. The fourth-order valence-electron chi connectivity index (χ4n) is 2.50. The normalized spacial score (nSPS) is 12.8. The molecule has 0 fully saturated rings. The molecule has 0 aliphatic carbocycles. The Bertz CT molecular complexity index is 904. The molecule has 7 nitrogen and oxygen atoms in total. The fraction of sp³-hybridized carbons (Fsp3) is 0.238. The van der Waals surface area contributed by atoms with E-state index in [1.807, 2.05) is 0 Å². The molecule has 0 aromatic heterocycles. The van der Waals surface area contributed by atoms with E-state index in [4.69, 9.17) is 19.9 Å². The number of nitrogens with one attached hydrogen (secondary N) is 1. The average molecular weight is 382 g/mol. The molecule has 0 spiro atoms. The van der Waals surface area contributed by atoms with Crippen molar-refractivity contribution in [3.8, 4) is 17.2 Å². The molecule has 3 rings (SSSR count). The number of hydrogen-bond donors (Lipinski definition) is 2. The summed E-state index contributed by atoms with van der Waals surface area (Å²) in [6.07, 6.45) is 1.49. The Balaban J connectivity index is 1.71. The second-order valence-electron chi connectivity index (χ2n) is 6.72. The lowest BCUT2D eigenvalue weighted by Gasteiger charge is -2.10. The molecule has 2 aromatic carbocycles. The third-order valence-electron chi connectivity index (χ3n) is 3.92. The SMILES string of the molecule is CC(C)COc1ccc(C(=O)NC(=Cc2ccc3c(c2)OCO3)C(N)=O)cc1. The van der Waals surface area contributed by atoms with Crippen molar-refractivity contribution < 1.29 is 23.8 Å². The maximum atomic E-state index is 12.5. The lowest BCUT2D eigenvalue weighted by Crippen LogP contribution is -2.31. The number of benzene rings is 2. The van der Waals surface area contributed by atoms with Crippen LogP contribution in [0.2, 0.25) is 0 Å². The van der Waals surface area contributed by atoms with Crippen molar-refractivity contribution in [1.29, 1.82) is 0 Å². The zero-order chi connectivity index (χ0) is 20.1. The third-order valence-corrected chi connectivity index (χ3v) is 3.92. The Labute approximate surface area is 163 Å². The van der Waals surface area contributed by atoms with E-state index in [0.717, 1.165) is 0 Å². The highest BCUT2D eigenvalue weighted by atomic mass is 16.7. The minimum atomic E-state index is -0.747. The van der Waals surface area contributed by atoms with Gasteiger partial charge in [0.2, 0.25) is 6.79 Å². The van der Waals surface area contributed by atoms with Crippen LogP contribution in [0, 0.1) is 5.92 Å². The van der Waals surface area contributed by atoms with E-state index < -0.39 is 11.8 Å². The van der Waals surface area contributed by atoms with Crippen LogP contribution in [-0.4, -0.2) is 25.2 Å². The minimum absolute atomic E-state index is 0.0241. The van der Waals surface area contributed by atoms with Crippen LogP contribution in [0.3, 0.4) is 0 Å². The molecule has 0 saturated heterocycles. The van der Waals surface area contributed by atoms with Gasteiger partial charge in [-0.15, -0.1) is 0 Å². The number of amides is 2. The van der Waals surface area contributed by atoms with E-state index in [9.17, 15) is 9.59 Å². The van der Waals surface area contributed by atoms with Crippen molar-refractivity contribution in [2.24, 2.45) is 11.7 Å². The number of fused-ring (bicyclic) bond motifs is 1. The molecule has 146 valence electrons. The molecule has 0 radical (unpaired) electrons. The first-order chi connectivity index (χ1) is 13.4. The monoisotopic (exact) mass is 382 g/mol. The number of rotatable bonds is 7. The zero-order valence-electron chi connectivity index (χ0n) is 15.7. The van der Waals surface area contributed by atoms with E-state index in [1.54, 1.807) is 42.5 Å². The number of carbonyl (C=O) groups is 2. The molecule has 1 aliphatic rings. The van der Waals surface area contributed by atoms with Gasteiger partial charge in [0.1, 0.15) is 11.4 Å². The van der Waals surface area contributed by atoms with Crippen LogP contribution < -0.4 is 25.3 Å². The highest BCUT2D eigenvalue weighted by molar-refractivity contribution is 6.04. The largest absolute Gasteiger partial charge is 0.493 e. The molecule has 3 N–H and O–H groups in total. The summed E-state index contributed by atoms with van der Waals surface area (Å²) in [5.41, 5.74) is 6.43. The van der Waals surface area contributed by atoms with Gasteiger partial charge in [-0.3, -0.25) is 9.59 Å². The summed E-state index contributed by atoms with van der Waals surface area (Å²) < 4.78 is 16.2. The predicted octanol–water partition coefficient (Wildman–Crippen LogP) is 2.71. The molecule has 0 bridgehead atoms. The van der Waals surface area contributed by atoms with Gasteiger partial charge in [0, 0.05) is 5.56 Å². The van der Waals surface area contributed by atoms with Crippen LogP contribution in [0.4, 0.5) is 0 Å². The van der Waals surface area contributed by atoms with Gasteiger partial charge in [-0.25, -0.2) is 0 Å². The van der Waals surface area contributed by atoms with Crippen molar-refractivity contribution in [3.05, 3.63) is 59.3 Å². The molecule has 0 atom stereocenters. The highest BCUT2D eigenvalue weighted by Crippen LogP contribution is 2.33. The summed E-state index contributed by atoms with van der Waals surface area (Å²) in [5.74, 6) is 1.09. The van der Waals surface area contributed by atoms with E-state index in [-0.39, 0.29) is 12.5 Å². The standard InChI is InChI=1S/C21H22N2O5/c1-13(2)11-26-16-6-4-15(5-7-16)21(25)23-17(20(22)24)9-14-3-8-18-19(10-14)28-12-27-18/h3-10,13H,11-12H2,1-2H3,(H2,22,24)(H,23,25). The van der Waals surface area contributed by atoms with E-state index in [0.29, 0.717) is 40.9 Å². The molecule has 0 unspecified atom stereocenters. The van der Waals surface area contributed by atoms with Gasteiger partial charge in [-0.05, 0) is 54.0 Å². The highest BCUT2D eigenvalue weighted by Gasteiger charge is 2.15. The van der Waals surface area contributed by atoms with Crippen molar-refractivity contribution in [3.63, 3.8) is 0 Å². The lowest BCUT2D eigenvalue weighted by atomic mass is 10.1. The maximum absolute atomic E-state index is 12.5. The number of hydrogen-bond acceptors (Lipinski definition) is 5. The first-order valence-corrected chi connectivity index (χ1v) is 8.88. The summed E-state index contributed by atoms with van der Waals surface area (Å²) in [6, 6.07) is 11.9. The van der Waals surface area contributed by atoms with Crippen LogP contribution in [0.5, 0.6) is 17.2 Å². The minimum Gasteiger partial charge on any atom is -0.493 e. The van der Waals surface area contributed by atoms with Gasteiger partial charge >= 0.3 is 0 Å². The van der Waals surface area contributed by atoms with Crippen LogP contribution in [0.1, 0.15) is 29.8 Å². The molecule has 1 heterocycles. The smallest absolute Gasteiger partial charge is 0.265 e. The predicted molar refractivity (Wildman–Crippen MR) is 104 cm³/mol. The van der Waals surface area contributed by atoms with E-state index in [1.165, 1.54) is 6.08 Å². The fourth-order valence-corrected chi connectivity index (χ4v) is 2.50. The first kappa shape index (κ1) is 19.3. The summed E-state index contributed by atoms with van der Waals surface area (Å²) in [6.45, 7) is 4.85. The number of carbonyl (C=O) groups excluding carboxylic acids is 2. The number of nitrogens with two attached hydrogens (primary N) is 1.